The lowest BCUT2D eigenvalue weighted by molar-refractivity contribution is -0.110. The molecule has 7 nitrogen and oxygen atoms in total. The number of carbonyl (C=O) groups is 3. The van der Waals surface area contributed by atoms with Crippen LogP contribution in [0.1, 0.15) is 62.5 Å². The molecule has 1 aromatic heterocycles. The third kappa shape index (κ3) is 5.56. The summed E-state index contributed by atoms with van der Waals surface area (Å²) in [7, 11) is 0. The normalized spacial score (nSPS) is 15.5. The van der Waals surface area contributed by atoms with E-state index in [9.17, 15) is 14.4 Å². The number of hydrogen-bond acceptors (Lipinski definition) is 4. The molecule has 0 atom stereocenters. The number of H-pyrrole nitrogens is 1. The van der Waals surface area contributed by atoms with Gasteiger partial charge in [-0.15, -0.1) is 0 Å². The molecule has 3 N–H and O–H groups in total. The first-order valence-corrected chi connectivity index (χ1v) is 14.6. The van der Waals surface area contributed by atoms with E-state index in [1.807, 2.05) is 66.7 Å². The molecule has 0 saturated carbocycles. The quantitative estimate of drug-likeness (QED) is 0.135. The Morgan fingerprint density at radius 2 is 1.64 bits per heavy atom. The molecule has 6 rings (SSSR count). The fraction of sp³-hybridized carbons (Fsp3) is 0.229. The Morgan fingerprint density at radius 3 is 2.38 bits per heavy atom. The number of fused-ring (bicyclic) bond motifs is 1. The molecule has 0 unspecified atom stereocenters. The van der Waals surface area contributed by atoms with Crippen molar-refractivity contribution in [3.05, 3.63) is 113 Å². The van der Waals surface area contributed by atoms with Crippen molar-refractivity contribution in [2.24, 2.45) is 0 Å². The third-order valence-electron chi connectivity index (χ3n) is 8.10. The Bertz CT molecular complexity index is 1670. The molecule has 7 heteroatoms. The molecular weight excluding hydrogens is 524 g/mol. The van der Waals surface area contributed by atoms with Gasteiger partial charge in [0.1, 0.15) is 5.69 Å². The van der Waals surface area contributed by atoms with Crippen LogP contribution in [0.15, 0.2) is 78.9 Å². The second-order valence-corrected chi connectivity index (χ2v) is 10.9. The number of rotatable bonds is 9. The van der Waals surface area contributed by atoms with E-state index in [4.69, 9.17) is 0 Å². The predicted octanol–water partition coefficient (Wildman–Crippen LogP) is 5.93. The second kappa shape index (κ2) is 12.0. The third-order valence-corrected chi connectivity index (χ3v) is 8.10. The average Bonchev–Trinajstić information content (AvgIpc) is 3.73. The van der Waals surface area contributed by atoms with Crippen molar-refractivity contribution < 1.29 is 14.4 Å². The first-order valence-electron chi connectivity index (χ1n) is 14.6. The smallest absolute Gasteiger partial charge is 0.268 e. The Morgan fingerprint density at radius 1 is 0.929 bits per heavy atom. The Balaban J connectivity index is 1.32. The zero-order valence-electron chi connectivity index (χ0n) is 23.7. The highest BCUT2D eigenvalue weighted by atomic mass is 16.2. The van der Waals surface area contributed by atoms with Gasteiger partial charge in [-0.05, 0) is 74.7 Å². The average molecular weight is 559 g/mol. The van der Waals surface area contributed by atoms with Gasteiger partial charge in [0, 0.05) is 23.4 Å². The summed E-state index contributed by atoms with van der Waals surface area (Å²) in [5.41, 5.74) is 6.18. The maximum absolute atomic E-state index is 13.7. The van der Waals surface area contributed by atoms with Gasteiger partial charge in [-0.1, -0.05) is 72.8 Å². The first kappa shape index (κ1) is 27.4. The van der Waals surface area contributed by atoms with Crippen molar-refractivity contribution in [3.8, 4) is 11.1 Å². The number of aromatic nitrogens is 1. The van der Waals surface area contributed by atoms with Crippen LogP contribution in [0.4, 0.5) is 5.69 Å². The number of anilines is 1. The van der Waals surface area contributed by atoms with Crippen LogP contribution in [0.2, 0.25) is 0 Å². The van der Waals surface area contributed by atoms with Gasteiger partial charge in [0.25, 0.3) is 11.8 Å². The van der Waals surface area contributed by atoms with E-state index in [0.29, 0.717) is 45.9 Å². The van der Waals surface area contributed by atoms with E-state index in [-0.39, 0.29) is 17.6 Å². The van der Waals surface area contributed by atoms with Gasteiger partial charge in [-0.2, -0.15) is 0 Å². The molecule has 42 heavy (non-hydrogen) atoms. The second-order valence-electron chi connectivity index (χ2n) is 10.9. The van der Waals surface area contributed by atoms with E-state index in [1.54, 1.807) is 25.1 Å². The standard InChI is InChI=1S/C35H34N4O3/c1-23-31(33(40)25-13-6-3-7-14-25)30(37-32(23)35(42)36-17-10-20-39-18-8-9-19-39)22-28-27-16-15-26(21-29(27)38-34(28)41)24-11-4-2-5-12-24/h2-7,11-16,21-22,37H,8-10,17-20H2,1H3,(H,36,42)(H,38,41)/b28-22-. The molecule has 212 valence electrons. The van der Waals surface area contributed by atoms with Gasteiger partial charge < -0.3 is 20.5 Å². The highest BCUT2D eigenvalue weighted by Gasteiger charge is 2.28. The van der Waals surface area contributed by atoms with Crippen molar-refractivity contribution in [2.45, 2.75) is 26.2 Å². The number of carbonyl (C=O) groups excluding carboxylic acids is 3. The molecular formula is C35H34N4O3. The van der Waals surface area contributed by atoms with Crippen molar-refractivity contribution in [1.29, 1.82) is 0 Å². The van der Waals surface area contributed by atoms with Crippen molar-refractivity contribution >= 4 is 34.9 Å². The Kier molecular flexibility index (Phi) is 7.84. The summed E-state index contributed by atoms with van der Waals surface area (Å²) in [4.78, 5) is 45.8. The van der Waals surface area contributed by atoms with E-state index in [0.717, 1.165) is 42.7 Å². The molecule has 3 heterocycles. The lowest BCUT2D eigenvalue weighted by atomic mass is 9.96. The number of nitrogens with one attached hydrogen (secondary N) is 3. The van der Waals surface area contributed by atoms with E-state index in [1.165, 1.54) is 12.8 Å². The summed E-state index contributed by atoms with van der Waals surface area (Å²) < 4.78 is 0. The number of ketones is 1. The molecule has 0 spiro atoms. The highest BCUT2D eigenvalue weighted by molar-refractivity contribution is 6.35. The molecule has 1 saturated heterocycles. The van der Waals surface area contributed by atoms with Crippen LogP contribution in [0.3, 0.4) is 0 Å². The van der Waals surface area contributed by atoms with E-state index < -0.39 is 0 Å². The molecule has 2 amide bonds. The van der Waals surface area contributed by atoms with Crippen molar-refractivity contribution in [3.63, 3.8) is 0 Å². The zero-order chi connectivity index (χ0) is 29.1. The summed E-state index contributed by atoms with van der Waals surface area (Å²) in [6.07, 6.45) is 5.03. The largest absolute Gasteiger partial charge is 0.351 e. The fourth-order valence-corrected chi connectivity index (χ4v) is 5.87. The van der Waals surface area contributed by atoms with Crippen LogP contribution in [-0.2, 0) is 4.79 Å². The van der Waals surface area contributed by atoms with Crippen LogP contribution in [-0.4, -0.2) is 53.7 Å². The lowest BCUT2D eigenvalue weighted by Crippen LogP contribution is -2.29. The SMILES string of the molecule is Cc1c(C(=O)NCCCN2CCCC2)[nH]c(/C=C2\C(=O)Nc3cc(-c4ccccc4)ccc32)c1C(=O)c1ccccc1. The Labute approximate surface area is 245 Å². The molecule has 2 aliphatic rings. The molecule has 3 aromatic carbocycles. The summed E-state index contributed by atoms with van der Waals surface area (Å²) >= 11 is 0. The summed E-state index contributed by atoms with van der Waals surface area (Å²) in [6.45, 7) is 5.53. The number of amides is 2. The predicted molar refractivity (Wildman–Crippen MR) is 166 cm³/mol. The van der Waals surface area contributed by atoms with Crippen LogP contribution in [0.25, 0.3) is 22.8 Å². The van der Waals surface area contributed by atoms with Crippen molar-refractivity contribution in [2.75, 3.05) is 31.5 Å². The molecule has 0 radical (unpaired) electrons. The zero-order valence-corrected chi connectivity index (χ0v) is 23.7. The minimum atomic E-state index is -0.260. The summed E-state index contributed by atoms with van der Waals surface area (Å²) in [6, 6.07) is 24.8. The van der Waals surface area contributed by atoms with Crippen LogP contribution < -0.4 is 10.6 Å². The van der Waals surface area contributed by atoms with Gasteiger partial charge in [0.2, 0.25) is 0 Å². The summed E-state index contributed by atoms with van der Waals surface area (Å²) in [5.74, 6) is -0.722. The van der Waals surface area contributed by atoms with Crippen LogP contribution in [0, 0.1) is 6.92 Å². The Hall–Kier alpha value is -4.75. The monoisotopic (exact) mass is 558 g/mol. The van der Waals surface area contributed by atoms with E-state index >= 15 is 0 Å². The number of nitrogens with zero attached hydrogens (tertiary/aromatic N) is 1. The van der Waals surface area contributed by atoms with Crippen molar-refractivity contribution in [1.82, 2.24) is 15.2 Å². The topological polar surface area (TPSA) is 94.3 Å². The number of aromatic amines is 1. The van der Waals surface area contributed by atoms with Crippen LogP contribution >= 0.6 is 0 Å². The lowest BCUT2D eigenvalue weighted by Gasteiger charge is -2.14. The number of likely N-dealkylation sites (tertiary alicyclic amines) is 1. The molecule has 4 aromatic rings. The summed E-state index contributed by atoms with van der Waals surface area (Å²) in [5, 5.41) is 5.99. The maximum atomic E-state index is 13.7. The van der Waals surface area contributed by atoms with Gasteiger partial charge in [-0.3, -0.25) is 14.4 Å². The molecule has 1 fully saturated rings. The number of benzene rings is 3. The van der Waals surface area contributed by atoms with Gasteiger partial charge >= 0.3 is 0 Å². The van der Waals surface area contributed by atoms with Gasteiger partial charge in [0.15, 0.2) is 5.78 Å². The molecule has 2 aliphatic heterocycles. The minimum absolute atomic E-state index is 0.206. The first-order chi connectivity index (χ1) is 20.5. The molecule has 0 bridgehead atoms. The number of hydrogen-bond donors (Lipinski definition) is 3. The fourth-order valence-electron chi connectivity index (χ4n) is 5.87. The van der Waals surface area contributed by atoms with E-state index in [2.05, 4.69) is 20.5 Å². The minimum Gasteiger partial charge on any atom is -0.351 e. The van der Waals surface area contributed by atoms with Gasteiger partial charge in [0.05, 0.1) is 16.8 Å². The molecule has 0 aliphatic carbocycles. The highest BCUT2D eigenvalue weighted by Crippen LogP contribution is 2.37. The van der Waals surface area contributed by atoms with Crippen LogP contribution in [0.5, 0.6) is 0 Å². The van der Waals surface area contributed by atoms with Gasteiger partial charge in [-0.25, -0.2) is 0 Å². The maximum Gasteiger partial charge on any atom is 0.268 e.